The average molecular weight is 239 g/mol. The minimum Gasteiger partial charge on any atom is -0.394 e. The summed E-state index contributed by atoms with van der Waals surface area (Å²) >= 11 is 1.60. The van der Waals surface area contributed by atoms with Crippen molar-refractivity contribution < 1.29 is 10.2 Å². The predicted octanol–water partition coefficient (Wildman–Crippen LogP) is 2.11. The van der Waals surface area contributed by atoms with Crippen LogP contribution in [0.3, 0.4) is 0 Å². The third kappa shape index (κ3) is 3.15. The van der Waals surface area contributed by atoms with E-state index in [9.17, 15) is 5.11 Å². The van der Waals surface area contributed by atoms with E-state index in [0.29, 0.717) is 5.56 Å². The third-order valence-electron chi connectivity index (χ3n) is 2.18. The zero-order valence-electron chi connectivity index (χ0n) is 8.82. The molecule has 0 heterocycles. The van der Waals surface area contributed by atoms with Gasteiger partial charge in [0.05, 0.1) is 18.8 Å². The number of thioether (sulfide) groups is 1. The average Bonchev–Trinajstić information content (AvgIpc) is 2.35. The molecule has 0 saturated heterocycles. The molecule has 0 bridgehead atoms. The highest BCUT2D eigenvalue weighted by molar-refractivity contribution is 7.98. The van der Waals surface area contributed by atoms with Crippen molar-refractivity contribution in [3.05, 3.63) is 40.3 Å². The maximum Gasteiger partial charge on any atom is 0.0907 e. The lowest BCUT2D eigenvalue weighted by Gasteiger charge is -2.16. The Balaban J connectivity index is 2.96. The van der Waals surface area contributed by atoms with Gasteiger partial charge in [-0.25, -0.2) is 0 Å². The molecule has 0 aliphatic rings. The summed E-state index contributed by atoms with van der Waals surface area (Å²) in [6.07, 6.45) is 0.888. The van der Waals surface area contributed by atoms with Crippen molar-refractivity contribution in [2.45, 2.75) is 17.0 Å². The molecule has 1 aromatic carbocycles. The maximum atomic E-state index is 9.51. The number of hydrogen-bond donors (Lipinski definition) is 2. The molecular weight excluding hydrogens is 226 g/mol. The summed E-state index contributed by atoms with van der Waals surface area (Å²) in [7, 11) is 0. The van der Waals surface area contributed by atoms with Gasteiger partial charge in [-0.05, 0) is 29.5 Å². The van der Waals surface area contributed by atoms with Gasteiger partial charge in [0.25, 0.3) is 0 Å². The van der Waals surface area contributed by atoms with E-state index in [1.165, 1.54) is 0 Å². The molecule has 0 amide bonds. The molecule has 0 aliphatic heterocycles. The second kappa shape index (κ2) is 6.40. The third-order valence-corrected chi connectivity index (χ3v) is 2.93. The lowest BCUT2D eigenvalue weighted by molar-refractivity contribution is 0.0742. The lowest BCUT2D eigenvalue weighted by atomic mass is 10.0. The van der Waals surface area contributed by atoms with Crippen LogP contribution in [0, 0.1) is 0 Å². The Labute approximate surface area is 97.7 Å². The lowest BCUT2D eigenvalue weighted by Crippen LogP contribution is -2.20. The van der Waals surface area contributed by atoms with E-state index in [4.69, 9.17) is 10.6 Å². The molecule has 0 aromatic heterocycles. The first-order chi connectivity index (χ1) is 7.72. The van der Waals surface area contributed by atoms with Crippen LogP contribution in [0.25, 0.3) is 10.4 Å². The predicted molar refractivity (Wildman–Crippen MR) is 63.2 cm³/mol. The molecule has 0 saturated carbocycles. The Hall–Kier alpha value is -1.20. The highest BCUT2D eigenvalue weighted by Gasteiger charge is 2.18. The van der Waals surface area contributed by atoms with Gasteiger partial charge < -0.3 is 10.2 Å². The Bertz CT molecular complexity index is 376. The molecule has 2 atom stereocenters. The minimum atomic E-state index is -1.07. The van der Waals surface area contributed by atoms with E-state index in [0.717, 1.165) is 4.90 Å². The topological polar surface area (TPSA) is 89.2 Å². The second-order valence-corrected chi connectivity index (χ2v) is 4.05. The summed E-state index contributed by atoms with van der Waals surface area (Å²) in [6.45, 7) is -0.437. The van der Waals surface area contributed by atoms with Gasteiger partial charge in [-0.1, -0.05) is 17.2 Å². The van der Waals surface area contributed by atoms with Crippen molar-refractivity contribution in [2.24, 2.45) is 5.11 Å². The fraction of sp³-hybridized carbons (Fsp3) is 0.400. The molecule has 2 N–H and O–H groups in total. The van der Waals surface area contributed by atoms with Crippen molar-refractivity contribution >= 4 is 11.8 Å². The molecule has 0 spiro atoms. The smallest absolute Gasteiger partial charge is 0.0907 e. The van der Waals surface area contributed by atoms with Gasteiger partial charge in [-0.15, -0.1) is 11.8 Å². The number of nitrogens with zero attached hydrogens (tertiary/aromatic N) is 3. The van der Waals surface area contributed by atoms with Crippen LogP contribution in [0.15, 0.2) is 34.3 Å². The minimum absolute atomic E-state index is 0.437. The van der Waals surface area contributed by atoms with Crippen molar-refractivity contribution in [3.8, 4) is 0 Å². The number of benzene rings is 1. The summed E-state index contributed by atoms with van der Waals surface area (Å²) in [5, 5.41) is 21.8. The quantitative estimate of drug-likeness (QED) is 0.357. The molecule has 1 rings (SSSR count). The van der Waals surface area contributed by atoms with E-state index in [2.05, 4.69) is 10.0 Å². The van der Waals surface area contributed by atoms with Crippen LogP contribution in [0.5, 0.6) is 0 Å². The van der Waals surface area contributed by atoms with Crippen LogP contribution in [0.4, 0.5) is 0 Å². The summed E-state index contributed by atoms with van der Waals surface area (Å²) in [5.74, 6) is 0. The van der Waals surface area contributed by atoms with Gasteiger partial charge in [-0.3, -0.25) is 0 Å². The summed E-state index contributed by atoms with van der Waals surface area (Å²) in [4.78, 5) is 3.76. The Morgan fingerprint density at radius 3 is 2.50 bits per heavy atom. The largest absolute Gasteiger partial charge is 0.394 e. The van der Waals surface area contributed by atoms with Crippen molar-refractivity contribution in [3.63, 3.8) is 0 Å². The van der Waals surface area contributed by atoms with Crippen LogP contribution in [-0.4, -0.2) is 29.2 Å². The SMILES string of the molecule is CSc1ccc([C@@H](N=[N+]=[N-])[C@H](O)CO)cc1. The van der Waals surface area contributed by atoms with Crippen molar-refractivity contribution in [1.82, 2.24) is 0 Å². The number of aliphatic hydroxyl groups is 2. The zero-order chi connectivity index (χ0) is 12.0. The van der Waals surface area contributed by atoms with Crippen LogP contribution < -0.4 is 0 Å². The summed E-state index contributed by atoms with van der Waals surface area (Å²) in [6, 6.07) is 6.58. The van der Waals surface area contributed by atoms with Gasteiger partial charge in [-0.2, -0.15) is 0 Å². The molecule has 0 fully saturated rings. The van der Waals surface area contributed by atoms with Gasteiger partial charge >= 0.3 is 0 Å². The van der Waals surface area contributed by atoms with E-state index in [1.54, 1.807) is 23.9 Å². The summed E-state index contributed by atoms with van der Waals surface area (Å²) < 4.78 is 0. The standard InChI is InChI=1S/C10H13N3O2S/c1-16-8-4-2-7(3-5-8)10(12-13-11)9(15)6-14/h2-5,9-10,14-15H,6H2,1H3/t9-,10-/m1/s1. The van der Waals surface area contributed by atoms with E-state index >= 15 is 0 Å². The van der Waals surface area contributed by atoms with E-state index < -0.39 is 18.8 Å². The molecular formula is C10H13N3O2S. The first-order valence-corrected chi connectivity index (χ1v) is 5.92. The molecule has 1 aromatic rings. The van der Waals surface area contributed by atoms with Crippen LogP contribution in [0.1, 0.15) is 11.6 Å². The molecule has 0 aliphatic carbocycles. The molecule has 5 nitrogen and oxygen atoms in total. The number of azide groups is 1. The normalized spacial score (nSPS) is 13.9. The van der Waals surface area contributed by atoms with Crippen LogP contribution in [0.2, 0.25) is 0 Å². The van der Waals surface area contributed by atoms with E-state index in [1.807, 2.05) is 18.4 Å². The Morgan fingerprint density at radius 1 is 1.44 bits per heavy atom. The molecule has 16 heavy (non-hydrogen) atoms. The Kier molecular flexibility index (Phi) is 5.14. The first kappa shape index (κ1) is 12.9. The van der Waals surface area contributed by atoms with Gasteiger partial charge in [0.1, 0.15) is 0 Å². The molecule has 0 unspecified atom stereocenters. The monoisotopic (exact) mass is 239 g/mol. The fourth-order valence-electron chi connectivity index (χ4n) is 1.32. The van der Waals surface area contributed by atoms with Gasteiger partial charge in [0.2, 0.25) is 0 Å². The van der Waals surface area contributed by atoms with Crippen molar-refractivity contribution in [1.29, 1.82) is 0 Å². The van der Waals surface area contributed by atoms with Gasteiger partial charge in [0, 0.05) is 9.81 Å². The second-order valence-electron chi connectivity index (χ2n) is 3.17. The first-order valence-electron chi connectivity index (χ1n) is 4.70. The van der Waals surface area contributed by atoms with Crippen LogP contribution >= 0.6 is 11.8 Å². The van der Waals surface area contributed by atoms with E-state index in [-0.39, 0.29) is 0 Å². The van der Waals surface area contributed by atoms with Gasteiger partial charge in [0.15, 0.2) is 0 Å². The number of aliphatic hydroxyl groups excluding tert-OH is 2. The molecule has 86 valence electrons. The van der Waals surface area contributed by atoms with Crippen LogP contribution in [-0.2, 0) is 0 Å². The number of hydrogen-bond acceptors (Lipinski definition) is 4. The molecule has 6 heteroatoms. The highest BCUT2D eigenvalue weighted by Crippen LogP contribution is 2.24. The molecule has 0 radical (unpaired) electrons. The van der Waals surface area contributed by atoms with Crippen molar-refractivity contribution in [2.75, 3.05) is 12.9 Å². The number of rotatable bonds is 5. The highest BCUT2D eigenvalue weighted by atomic mass is 32.2. The fourth-order valence-corrected chi connectivity index (χ4v) is 1.73. The summed E-state index contributed by atoms with van der Waals surface area (Å²) in [5.41, 5.74) is 9.10. The zero-order valence-corrected chi connectivity index (χ0v) is 9.63. The maximum absolute atomic E-state index is 9.51. The Morgan fingerprint density at radius 2 is 2.06 bits per heavy atom.